The number of aromatic nitrogens is 1. The number of rotatable bonds is 1. The molecule has 2 heteroatoms. The number of benzene rings is 1. The Morgan fingerprint density at radius 2 is 1.95 bits per heavy atom. The van der Waals surface area contributed by atoms with Crippen LogP contribution < -0.4 is 5.32 Å². The van der Waals surface area contributed by atoms with Crippen molar-refractivity contribution in [3.05, 3.63) is 58.4 Å². The molecule has 0 unspecified atom stereocenters. The van der Waals surface area contributed by atoms with Gasteiger partial charge in [0, 0.05) is 24.0 Å². The van der Waals surface area contributed by atoms with E-state index in [4.69, 9.17) is 4.98 Å². The largest absolute Gasteiger partial charge is 0.394 e. The summed E-state index contributed by atoms with van der Waals surface area (Å²) in [6, 6.07) is 8.64. The van der Waals surface area contributed by atoms with Crippen molar-refractivity contribution in [2.24, 2.45) is 0 Å². The van der Waals surface area contributed by atoms with Gasteiger partial charge in [0.1, 0.15) is 0 Å². The SMILES string of the molecule is CN/C=C1\C(C)=Cc2nc3cccc(C)c3cc2C1(C)C. The minimum Gasteiger partial charge on any atom is -0.394 e. The molecule has 1 heterocycles. The Balaban J connectivity index is 2.35. The summed E-state index contributed by atoms with van der Waals surface area (Å²) in [5, 5.41) is 4.43. The third-order valence-corrected chi connectivity index (χ3v) is 4.52. The first-order valence-corrected chi connectivity index (χ1v) is 7.42. The molecule has 0 fully saturated rings. The molecule has 0 atom stereocenters. The van der Waals surface area contributed by atoms with Crippen LogP contribution in [0.25, 0.3) is 17.0 Å². The predicted octanol–water partition coefficient (Wildman–Crippen LogP) is 4.34. The van der Waals surface area contributed by atoms with Crippen LogP contribution in [0.1, 0.15) is 37.6 Å². The van der Waals surface area contributed by atoms with Crippen molar-refractivity contribution < 1.29 is 0 Å². The molecule has 1 aromatic carbocycles. The van der Waals surface area contributed by atoms with Gasteiger partial charge in [0.2, 0.25) is 0 Å². The quantitative estimate of drug-likeness (QED) is 0.839. The van der Waals surface area contributed by atoms with E-state index < -0.39 is 0 Å². The molecule has 1 aliphatic rings. The van der Waals surface area contributed by atoms with Gasteiger partial charge in [-0.25, -0.2) is 4.98 Å². The van der Waals surface area contributed by atoms with Crippen molar-refractivity contribution in [2.75, 3.05) is 7.05 Å². The zero-order valence-corrected chi connectivity index (χ0v) is 13.4. The first kappa shape index (κ1) is 13.9. The number of fused-ring (bicyclic) bond motifs is 2. The fraction of sp³-hybridized carbons (Fsp3) is 0.316. The van der Waals surface area contributed by atoms with Crippen LogP contribution >= 0.6 is 0 Å². The molecule has 0 saturated heterocycles. The smallest absolute Gasteiger partial charge is 0.0712 e. The molecule has 2 aromatic rings. The van der Waals surface area contributed by atoms with E-state index in [2.05, 4.69) is 69.6 Å². The minimum atomic E-state index is -0.0410. The highest BCUT2D eigenvalue weighted by molar-refractivity contribution is 5.86. The predicted molar refractivity (Wildman–Crippen MR) is 90.3 cm³/mol. The Bertz CT molecular complexity index is 779. The van der Waals surface area contributed by atoms with Gasteiger partial charge in [-0.3, -0.25) is 0 Å². The normalized spacial score (nSPS) is 18.5. The summed E-state index contributed by atoms with van der Waals surface area (Å²) in [6.07, 6.45) is 4.31. The van der Waals surface area contributed by atoms with Gasteiger partial charge in [-0.15, -0.1) is 0 Å². The van der Waals surface area contributed by atoms with E-state index in [1.807, 2.05) is 7.05 Å². The molecule has 21 heavy (non-hydrogen) atoms. The summed E-state index contributed by atoms with van der Waals surface area (Å²) in [5.41, 5.74) is 7.33. The lowest BCUT2D eigenvalue weighted by molar-refractivity contribution is 0.616. The molecule has 0 amide bonds. The molecule has 0 saturated carbocycles. The Morgan fingerprint density at radius 1 is 1.19 bits per heavy atom. The zero-order valence-electron chi connectivity index (χ0n) is 13.4. The third-order valence-electron chi connectivity index (χ3n) is 4.52. The van der Waals surface area contributed by atoms with E-state index in [0.29, 0.717) is 0 Å². The Kier molecular flexibility index (Phi) is 3.12. The summed E-state index contributed by atoms with van der Waals surface area (Å²) < 4.78 is 0. The highest BCUT2D eigenvalue weighted by atomic mass is 14.8. The molecular weight excluding hydrogens is 256 g/mol. The van der Waals surface area contributed by atoms with E-state index in [1.54, 1.807) is 0 Å². The fourth-order valence-corrected chi connectivity index (χ4v) is 3.33. The number of aryl methyl sites for hydroxylation is 1. The first-order valence-electron chi connectivity index (χ1n) is 7.42. The van der Waals surface area contributed by atoms with Crippen molar-refractivity contribution in [3.8, 4) is 0 Å². The van der Waals surface area contributed by atoms with Crippen LogP contribution in [0.2, 0.25) is 0 Å². The van der Waals surface area contributed by atoms with Gasteiger partial charge in [0.25, 0.3) is 0 Å². The highest BCUT2D eigenvalue weighted by Crippen LogP contribution is 2.42. The molecule has 3 rings (SSSR count). The van der Waals surface area contributed by atoms with Crippen LogP contribution in [0, 0.1) is 6.92 Å². The van der Waals surface area contributed by atoms with Crippen molar-refractivity contribution in [1.82, 2.24) is 10.3 Å². The Labute approximate surface area is 126 Å². The molecular formula is C19H22N2. The summed E-state index contributed by atoms with van der Waals surface area (Å²) in [6.45, 7) is 8.86. The van der Waals surface area contributed by atoms with Gasteiger partial charge < -0.3 is 5.32 Å². The van der Waals surface area contributed by atoms with Gasteiger partial charge in [0.05, 0.1) is 11.2 Å². The maximum absolute atomic E-state index is 4.89. The monoisotopic (exact) mass is 278 g/mol. The van der Waals surface area contributed by atoms with Gasteiger partial charge >= 0.3 is 0 Å². The van der Waals surface area contributed by atoms with Gasteiger partial charge in [-0.2, -0.15) is 0 Å². The average molecular weight is 278 g/mol. The Hall–Kier alpha value is -2.09. The molecule has 1 aliphatic carbocycles. The lowest BCUT2D eigenvalue weighted by Crippen LogP contribution is -2.27. The molecule has 1 N–H and O–H groups in total. The van der Waals surface area contributed by atoms with Crippen molar-refractivity contribution in [3.63, 3.8) is 0 Å². The first-order chi connectivity index (χ1) is 9.95. The van der Waals surface area contributed by atoms with Crippen LogP contribution in [-0.4, -0.2) is 12.0 Å². The zero-order chi connectivity index (χ0) is 15.2. The lowest BCUT2D eigenvalue weighted by atomic mass is 9.70. The van der Waals surface area contributed by atoms with Gasteiger partial charge in [-0.1, -0.05) is 26.0 Å². The molecule has 2 nitrogen and oxygen atoms in total. The molecule has 1 aromatic heterocycles. The van der Waals surface area contributed by atoms with Crippen molar-refractivity contribution >= 4 is 17.0 Å². The van der Waals surface area contributed by atoms with E-state index in [-0.39, 0.29) is 5.41 Å². The van der Waals surface area contributed by atoms with E-state index in [9.17, 15) is 0 Å². The number of hydrogen-bond donors (Lipinski definition) is 1. The van der Waals surface area contributed by atoms with Crippen molar-refractivity contribution in [2.45, 2.75) is 33.1 Å². The standard InChI is InChI=1S/C19H22N2/c1-12-7-6-8-17-14(12)10-15-18(21-17)9-13(2)16(11-20-5)19(15,3)4/h6-11,20H,1-5H3/b16-11+. The second-order valence-corrected chi connectivity index (χ2v) is 6.36. The van der Waals surface area contributed by atoms with Crippen LogP contribution in [0.4, 0.5) is 0 Å². The number of allylic oxidation sites excluding steroid dienone is 2. The lowest BCUT2D eigenvalue weighted by Gasteiger charge is -2.34. The number of pyridine rings is 1. The number of nitrogens with one attached hydrogen (secondary N) is 1. The van der Waals surface area contributed by atoms with Crippen LogP contribution in [0.3, 0.4) is 0 Å². The van der Waals surface area contributed by atoms with Gasteiger partial charge in [0.15, 0.2) is 0 Å². The summed E-state index contributed by atoms with van der Waals surface area (Å²) >= 11 is 0. The fourth-order valence-electron chi connectivity index (χ4n) is 3.33. The van der Waals surface area contributed by atoms with E-state index in [0.717, 1.165) is 11.2 Å². The van der Waals surface area contributed by atoms with E-state index in [1.165, 1.54) is 27.7 Å². The topological polar surface area (TPSA) is 24.9 Å². The second kappa shape index (κ2) is 4.73. The van der Waals surface area contributed by atoms with Crippen molar-refractivity contribution in [1.29, 1.82) is 0 Å². The minimum absolute atomic E-state index is 0.0410. The summed E-state index contributed by atoms with van der Waals surface area (Å²) in [7, 11) is 1.95. The Morgan fingerprint density at radius 3 is 2.67 bits per heavy atom. The van der Waals surface area contributed by atoms with E-state index >= 15 is 0 Å². The highest BCUT2D eigenvalue weighted by Gasteiger charge is 2.33. The maximum Gasteiger partial charge on any atom is 0.0712 e. The number of hydrogen-bond acceptors (Lipinski definition) is 2. The molecule has 0 bridgehead atoms. The summed E-state index contributed by atoms with van der Waals surface area (Å²) in [5.74, 6) is 0. The third kappa shape index (κ3) is 2.06. The van der Waals surface area contributed by atoms with Gasteiger partial charge in [-0.05, 0) is 54.3 Å². The van der Waals surface area contributed by atoms with Crippen LogP contribution in [0.5, 0.6) is 0 Å². The second-order valence-electron chi connectivity index (χ2n) is 6.36. The maximum atomic E-state index is 4.89. The molecule has 108 valence electrons. The van der Waals surface area contributed by atoms with Crippen LogP contribution in [0.15, 0.2) is 41.6 Å². The number of nitrogens with zero attached hydrogens (tertiary/aromatic N) is 1. The molecule has 0 aliphatic heterocycles. The summed E-state index contributed by atoms with van der Waals surface area (Å²) in [4.78, 5) is 4.89. The van der Waals surface area contributed by atoms with Crippen LogP contribution in [-0.2, 0) is 5.41 Å². The average Bonchev–Trinajstić information content (AvgIpc) is 2.42. The molecule has 0 spiro atoms. The molecule has 0 radical (unpaired) electrons.